The summed E-state index contributed by atoms with van der Waals surface area (Å²) in [4.78, 5) is 37.0. The fraction of sp³-hybridized carbons (Fsp3) is 0.250. The van der Waals surface area contributed by atoms with Crippen LogP contribution in [0.3, 0.4) is 0 Å². The highest BCUT2D eigenvalue weighted by Gasteiger charge is 2.33. The van der Waals surface area contributed by atoms with Gasteiger partial charge in [0, 0.05) is 41.0 Å². The Bertz CT molecular complexity index is 1230. The van der Waals surface area contributed by atoms with Crippen molar-refractivity contribution in [3.8, 4) is 11.6 Å². The number of aliphatic carboxylic acids is 1. The molecule has 0 radical (unpaired) electrons. The van der Waals surface area contributed by atoms with Crippen molar-refractivity contribution >= 4 is 45.0 Å². The Balaban J connectivity index is 1.67. The highest BCUT2D eigenvalue weighted by atomic mass is 32.1. The molecule has 0 saturated heterocycles. The van der Waals surface area contributed by atoms with Crippen LogP contribution in [0.15, 0.2) is 24.4 Å². The normalized spacial score (nSPS) is 16.2. The van der Waals surface area contributed by atoms with Crippen LogP contribution in [0.25, 0.3) is 10.8 Å². The van der Waals surface area contributed by atoms with Gasteiger partial charge in [0.25, 0.3) is 0 Å². The van der Waals surface area contributed by atoms with Crippen molar-refractivity contribution in [1.82, 2.24) is 9.47 Å². The number of hydrogen-bond acceptors (Lipinski definition) is 7. The van der Waals surface area contributed by atoms with Gasteiger partial charge in [-0.2, -0.15) is 0 Å². The number of likely N-dealkylation sites (N-methyl/N-ethyl adjacent to an activating group) is 1. The summed E-state index contributed by atoms with van der Waals surface area (Å²) in [7, 11) is 1.86. The molecule has 10 nitrogen and oxygen atoms in total. The molecule has 1 atom stereocenters. The third-order valence-electron chi connectivity index (χ3n) is 5.47. The quantitative estimate of drug-likeness (QED) is 0.382. The summed E-state index contributed by atoms with van der Waals surface area (Å²) in [5.74, 6) is -4.19. The van der Waals surface area contributed by atoms with E-state index in [1.54, 1.807) is 22.9 Å². The maximum absolute atomic E-state index is 11.9. The summed E-state index contributed by atoms with van der Waals surface area (Å²) in [6.45, 7) is 0.738. The molecule has 11 heteroatoms. The molecule has 0 spiro atoms. The zero-order chi connectivity index (χ0) is 22.4. The van der Waals surface area contributed by atoms with E-state index < -0.39 is 17.8 Å². The molecular formula is C20H19N3O7S. The number of amides is 1. The van der Waals surface area contributed by atoms with E-state index in [9.17, 15) is 29.7 Å². The number of carbonyl (C=O) groups excluding carboxylic acids is 1. The van der Waals surface area contributed by atoms with Crippen LogP contribution in [-0.2, 0) is 29.1 Å². The van der Waals surface area contributed by atoms with E-state index in [-0.39, 0.29) is 28.2 Å². The number of nitrogens with one attached hydrogen (secondary N) is 1. The molecule has 0 saturated carbocycles. The lowest BCUT2D eigenvalue weighted by Gasteiger charge is -2.33. The number of phenolic OH excluding ortho intramolecular Hbond substituents is 1. The minimum Gasteiger partial charge on any atom is -0.507 e. The molecule has 3 heterocycles. The van der Waals surface area contributed by atoms with Gasteiger partial charge in [0.2, 0.25) is 0 Å². The van der Waals surface area contributed by atoms with Crippen molar-refractivity contribution in [3.05, 3.63) is 40.4 Å². The molecule has 1 aliphatic rings. The zero-order valence-electron chi connectivity index (χ0n) is 16.3. The Labute approximate surface area is 179 Å². The first-order valence-corrected chi connectivity index (χ1v) is 10.1. The number of aromatic hydroxyl groups is 2. The highest BCUT2D eigenvalue weighted by Crippen LogP contribution is 2.39. The maximum Gasteiger partial charge on any atom is 0.394 e. The van der Waals surface area contributed by atoms with Gasteiger partial charge in [0.05, 0.1) is 5.56 Å². The Hall–Kier alpha value is -3.57. The molecule has 1 unspecified atom stereocenters. The van der Waals surface area contributed by atoms with Gasteiger partial charge in [-0.25, -0.2) is 9.59 Å². The largest absolute Gasteiger partial charge is 0.507 e. The highest BCUT2D eigenvalue weighted by molar-refractivity contribution is 7.17. The van der Waals surface area contributed by atoms with Crippen molar-refractivity contribution in [2.75, 3.05) is 12.4 Å². The Morgan fingerprint density at radius 3 is 2.58 bits per heavy atom. The number of thiophene rings is 1. The lowest BCUT2D eigenvalue weighted by atomic mass is 9.96. The van der Waals surface area contributed by atoms with Gasteiger partial charge >= 0.3 is 17.8 Å². The van der Waals surface area contributed by atoms with Crippen molar-refractivity contribution in [2.45, 2.75) is 25.6 Å². The van der Waals surface area contributed by atoms with Gasteiger partial charge in [-0.15, -0.1) is 11.3 Å². The lowest BCUT2D eigenvalue weighted by molar-refractivity contribution is -0.147. The minimum atomic E-state index is -1.70. The summed E-state index contributed by atoms with van der Waals surface area (Å²) in [5.41, 5.74) is 0.438. The molecule has 2 aromatic heterocycles. The fourth-order valence-electron chi connectivity index (χ4n) is 3.90. The van der Waals surface area contributed by atoms with E-state index in [4.69, 9.17) is 5.11 Å². The summed E-state index contributed by atoms with van der Waals surface area (Å²) in [6.07, 6.45) is 1.97. The van der Waals surface area contributed by atoms with Crippen molar-refractivity contribution < 1.29 is 34.8 Å². The minimum absolute atomic E-state index is 0.00146. The summed E-state index contributed by atoms with van der Waals surface area (Å²) < 4.78 is 1.61. The monoisotopic (exact) mass is 445 g/mol. The molecular weight excluding hydrogens is 426 g/mol. The van der Waals surface area contributed by atoms with Crippen LogP contribution in [0.5, 0.6) is 11.6 Å². The number of hydrogen-bond donors (Lipinski definition) is 5. The molecule has 1 aromatic carbocycles. The van der Waals surface area contributed by atoms with Gasteiger partial charge in [-0.05, 0) is 31.2 Å². The van der Waals surface area contributed by atoms with Crippen molar-refractivity contribution in [2.24, 2.45) is 0 Å². The van der Waals surface area contributed by atoms with Crippen molar-refractivity contribution in [1.29, 1.82) is 0 Å². The fourth-order valence-corrected chi connectivity index (χ4v) is 5.18. The average Bonchev–Trinajstić information content (AvgIpc) is 3.20. The zero-order valence-corrected chi connectivity index (χ0v) is 17.1. The number of benzene rings is 1. The molecule has 0 bridgehead atoms. The molecule has 31 heavy (non-hydrogen) atoms. The second kappa shape index (κ2) is 7.60. The maximum atomic E-state index is 11.9. The van der Waals surface area contributed by atoms with Crippen LogP contribution in [0.2, 0.25) is 0 Å². The number of fused-ring (bicyclic) bond motifs is 2. The molecule has 1 amide bonds. The van der Waals surface area contributed by atoms with Crippen LogP contribution in [-0.4, -0.2) is 60.8 Å². The van der Waals surface area contributed by atoms with E-state index >= 15 is 0 Å². The number of anilines is 1. The van der Waals surface area contributed by atoms with Gasteiger partial charge in [-0.1, -0.05) is 6.07 Å². The van der Waals surface area contributed by atoms with E-state index in [0.29, 0.717) is 35.8 Å². The third kappa shape index (κ3) is 3.57. The Morgan fingerprint density at radius 1 is 1.19 bits per heavy atom. The molecule has 3 aromatic rings. The number of rotatable bonds is 4. The summed E-state index contributed by atoms with van der Waals surface area (Å²) in [5, 5.41) is 42.3. The van der Waals surface area contributed by atoms with Crippen LogP contribution in [0.1, 0.15) is 20.8 Å². The second-order valence-electron chi connectivity index (χ2n) is 7.39. The number of nitrogens with zero attached hydrogens (tertiary/aromatic N) is 2. The number of carboxylic acids is 2. The standard InChI is InChI=1S/C20H19N3O7S/c1-22-8-14-11(15(19(27)28)17(31-14)21-16(25)20(29)30)5-9(22)6-23-7-12-10(18(23)26)3-2-4-13(12)24/h2-4,7,9,24,26H,5-6,8H2,1H3,(H,21,25)(H,27,28)(H,29,30). The molecule has 1 aliphatic heterocycles. The molecule has 0 aliphatic carbocycles. The van der Waals surface area contributed by atoms with Crippen LogP contribution >= 0.6 is 11.3 Å². The molecule has 162 valence electrons. The SMILES string of the molecule is CN1Cc2sc(NC(=O)C(=O)O)c(C(=O)O)c2CC1Cn1cc2c(O)cccc2c1O. The van der Waals surface area contributed by atoms with E-state index in [1.807, 2.05) is 11.9 Å². The number of aromatic carboxylic acids is 1. The first kappa shape index (κ1) is 20.7. The van der Waals surface area contributed by atoms with Gasteiger partial charge < -0.3 is 30.3 Å². The second-order valence-corrected chi connectivity index (χ2v) is 8.49. The van der Waals surface area contributed by atoms with Gasteiger partial charge in [0.15, 0.2) is 5.88 Å². The van der Waals surface area contributed by atoms with E-state index in [2.05, 4.69) is 5.32 Å². The predicted octanol–water partition coefficient (Wildman–Crippen LogP) is 1.89. The number of carbonyl (C=O) groups is 3. The summed E-state index contributed by atoms with van der Waals surface area (Å²) >= 11 is 1.05. The number of carboxylic acid groups (broad SMARTS) is 2. The third-order valence-corrected chi connectivity index (χ3v) is 6.60. The molecule has 0 fully saturated rings. The van der Waals surface area contributed by atoms with Crippen LogP contribution in [0.4, 0.5) is 5.00 Å². The first-order chi connectivity index (χ1) is 14.7. The molecule has 4 rings (SSSR count). The van der Waals surface area contributed by atoms with Crippen LogP contribution < -0.4 is 5.32 Å². The average molecular weight is 445 g/mol. The topological polar surface area (TPSA) is 152 Å². The van der Waals surface area contributed by atoms with Crippen LogP contribution in [0, 0.1) is 0 Å². The van der Waals surface area contributed by atoms with E-state index in [0.717, 1.165) is 16.2 Å². The number of phenols is 1. The van der Waals surface area contributed by atoms with Crippen molar-refractivity contribution in [3.63, 3.8) is 0 Å². The predicted molar refractivity (Wildman–Crippen MR) is 112 cm³/mol. The van der Waals surface area contributed by atoms with E-state index in [1.165, 1.54) is 6.07 Å². The number of aromatic nitrogens is 1. The Morgan fingerprint density at radius 2 is 1.94 bits per heavy atom. The smallest absolute Gasteiger partial charge is 0.394 e. The molecule has 5 N–H and O–H groups in total. The first-order valence-electron chi connectivity index (χ1n) is 9.29. The lowest BCUT2D eigenvalue weighted by Crippen LogP contribution is -2.40. The van der Waals surface area contributed by atoms with Gasteiger partial charge in [-0.3, -0.25) is 9.69 Å². The Kier molecular flexibility index (Phi) is 5.07. The van der Waals surface area contributed by atoms with Gasteiger partial charge in [0.1, 0.15) is 10.8 Å². The summed E-state index contributed by atoms with van der Waals surface area (Å²) in [6, 6.07) is 4.68.